The molecule has 0 spiro atoms. The third-order valence-electron chi connectivity index (χ3n) is 10.7. The molecule has 2 aliphatic heterocycles. The van der Waals surface area contributed by atoms with E-state index in [4.69, 9.17) is 16.2 Å². The molecule has 3 heterocycles. The van der Waals surface area contributed by atoms with Crippen molar-refractivity contribution >= 4 is 11.6 Å². The zero-order valence-electron chi connectivity index (χ0n) is 26.5. The summed E-state index contributed by atoms with van der Waals surface area (Å²) in [6.45, 7) is 4.98. The Kier molecular flexibility index (Phi) is 7.68. The van der Waals surface area contributed by atoms with Crippen LogP contribution in [0, 0.1) is 0 Å². The standard InChI is InChI=1S/C36H45N7O2/c1-40-19-21-42(22-20-40)34(17-18-34)32-11-9-29(10-12-32)28-7-5-27(6-8-28)26-45-35(14-3-4-15-35)36(38)16-13-30(25-43(36)33(37)44)31-23-39-41(2)24-31/h5-13,16,23-25H,3-4,14-15,17-22,26,38H2,1-2H3,(H2,37,44)/t36-/m0/s1. The number of ether oxygens (including phenoxy) is 1. The van der Waals surface area contributed by atoms with Crippen molar-refractivity contribution in [2.45, 2.75) is 61.9 Å². The number of urea groups is 1. The van der Waals surface area contributed by atoms with Gasteiger partial charge in [0.15, 0.2) is 0 Å². The van der Waals surface area contributed by atoms with Crippen molar-refractivity contribution < 1.29 is 9.53 Å². The van der Waals surface area contributed by atoms with Gasteiger partial charge in [-0.05, 0) is 61.1 Å². The second-order valence-electron chi connectivity index (χ2n) is 13.4. The van der Waals surface area contributed by atoms with Crippen LogP contribution in [0.3, 0.4) is 0 Å². The lowest BCUT2D eigenvalue weighted by atomic mass is 9.82. The molecule has 236 valence electrons. The number of aromatic nitrogens is 2. The van der Waals surface area contributed by atoms with Gasteiger partial charge >= 0.3 is 6.03 Å². The van der Waals surface area contributed by atoms with Gasteiger partial charge < -0.3 is 21.1 Å². The summed E-state index contributed by atoms with van der Waals surface area (Å²) in [4.78, 5) is 19.3. The SMILES string of the molecule is CN1CCN(C2(c3ccc(-c4ccc(COC5([C@]6(N)C=CC(c7cnn(C)c7)=CN6C(N)=O)CCCC5)cc4)cc3)CC2)CC1. The van der Waals surface area contributed by atoms with E-state index in [-0.39, 0.29) is 5.54 Å². The van der Waals surface area contributed by atoms with E-state index < -0.39 is 17.3 Å². The van der Waals surface area contributed by atoms with Crippen molar-refractivity contribution in [3.05, 3.63) is 96.0 Å². The minimum atomic E-state index is -1.20. The Balaban J connectivity index is 1.05. The number of nitrogens with two attached hydrogens (primary N) is 2. The topological polar surface area (TPSA) is 106 Å². The zero-order valence-corrected chi connectivity index (χ0v) is 26.5. The van der Waals surface area contributed by atoms with Crippen LogP contribution < -0.4 is 11.5 Å². The molecule has 45 heavy (non-hydrogen) atoms. The second kappa shape index (κ2) is 11.6. The number of benzene rings is 2. The Bertz CT molecular complexity index is 1590. The monoisotopic (exact) mass is 607 g/mol. The van der Waals surface area contributed by atoms with Crippen molar-refractivity contribution in [2.75, 3.05) is 33.2 Å². The first kappa shape index (κ1) is 29.9. The van der Waals surface area contributed by atoms with Gasteiger partial charge in [0.2, 0.25) is 0 Å². The molecule has 2 aliphatic carbocycles. The molecule has 7 rings (SSSR count). The highest BCUT2D eigenvalue weighted by Crippen LogP contribution is 2.51. The fourth-order valence-electron chi connectivity index (χ4n) is 7.68. The maximum absolute atomic E-state index is 12.8. The molecular formula is C36H45N7O2. The van der Waals surface area contributed by atoms with E-state index in [1.807, 2.05) is 25.4 Å². The Labute approximate surface area is 266 Å². The molecule has 4 N–H and O–H groups in total. The van der Waals surface area contributed by atoms with Gasteiger partial charge in [0, 0.05) is 62.3 Å². The number of allylic oxidation sites excluding steroid dienone is 2. The zero-order chi connectivity index (χ0) is 31.2. The largest absolute Gasteiger partial charge is 0.366 e. The molecular weight excluding hydrogens is 562 g/mol. The van der Waals surface area contributed by atoms with Gasteiger partial charge in [0.1, 0.15) is 11.3 Å². The maximum Gasteiger partial charge on any atom is 0.320 e. The van der Waals surface area contributed by atoms with Gasteiger partial charge in [0.25, 0.3) is 0 Å². The van der Waals surface area contributed by atoms with Crippen LogP contribution in [-0.2, 0) is 23.9 Å². The molecule has 1 atom stereocenters. The number of likely N-dealkylation sites (N-methyl/N-ethyl adjacent to an activating group) is 1. The molecule has 2 amide bonds. The number of primary amides is 1. The molecule has 0 radical (unpaired) electrons. The Morgan fingerprint density at radius 2 is 1.53 bits per heavy atom. The van der Waals surface area contributed by atoms with Gasteiger partial charge in [-0.3, -0.25) is 14.5 Å². The molecule has 9 heteroatoms. The molecule has 4 aliphatic rings. The lowest BCUT2D eigenvalue weighted by Gasteiger charge is -2.50. The first-order valence-electron chi connectivity index (χ1n) is 16.3. The Hall–Kier alpha value is -3.76. The van der Waals surface area contributed by atoms with Crippen LogP contribution in [0.4, 0.5) is 4.79 Å². The van der Waals surface area contributed by atoms with Crippen molar-refractivity contribution in [1.82, 2.24) is 24.5 Å². The minimum Gasteiger partial charge on any atom is -0.366 e. The van der Waals surface area contributed by atoms with E-state index in [0.717, 1.165) is 68.6 Å². The number of piperazine rings is 1. The number of nitrogens with zero attached hydrogens (tertiary/aromatic N) is 5. The minimum absolute atomic E-state index is 0.241. The smallest absolute Gasteiger partial charge is 0.320 e. The summed E-state index contributed by atoms with van der Waals surface area (Å²) in [5.41, 5.74) is 17.9. The Morgan fingerprint density at radius 3 is 2.11 bits per heavy atom. The highest BCUT2D eigenvalue weighted by atomic mass is 16.5. The van der Waals surface area contributed by atoms with Gasteiger partial charge in [-0.25, -0.2) is 4.79 Å². The van der Waals surface area contributed by atoms with Crippen LogP contribution in [0.5, 0.6) is 0 Å². The number of amides is 2. The molecule has 0 bridgehead atoms. The summed E-state index contributed by atoms with van der Waals surface area (Å²) in [5, 5.41) is 4.26. The number of carbonyl (C=O) groups excluding carboxylic acids is 1. The second-order valence-corrected chi connectivity index (χ2v) is 13.4. The molecule has 2 saturated carbocycles. The molecule has 0 unspecified atom stereocenters. The molecule has 1 aromatic heterocycles. The molecule has 9 nitrogen and oxygen atoms in total. The number of hydrogen-bond acceptors (Lipinski definition) is 6. The average Bonchev–Trinajstić information content (AvgIpc) is 3.49. The van der Waals surface area contributed by atoms with Crippen LogP contribution in [0.15, 0.2) is 79.3 Å². The highest BCUT2D eigenvalue weighted by molar-refractivity contribution is 5.82. The third kappa shape index (κ3) is 5.42. The van der Waals surface area contributed by atoms with E-state index in [1.54, 1.807) is 17.1 Å². The average molecular weight is 608 g/mol. The lowest BCUT2D eigenvalue weighted by Crippen LogP contribution is -2.70. The molecule has 3 fully saturated rings. The third-order valence-corrected chi connectivity index (χ3v) is 10.7. The fraction of sp³-hybridized carbons (Fsp3) is 0.444. The summed E-state index contributed by atoms with van der Waals surface area (Å²) < 4.78 is 8.46. The maximum atomic E-state index is 12.8. The van der Waals surface area contributed by atoms with Crippen molar-refractivity contribution in [1.29, 1.82) is 0 Å². The quantitative estimate of drug-likeness (QED) is 0.381. The van der Waals surface area contributed by atoms with Gasteiger partial charge in [-0.1, -0.05) is 67.4 Å². The van der Waals surface area contributed by atoms with Crippen molar-refractivity contribution in [2.24, 2.45) is 18.5 Å². The van der Waals surface area contributed by atoms with Crippen LogP contribution >= 0.6 is 0 Å². The number of aryl methyl sites for hydroxylation is 1. The van der Waals surface area contributed by atoms with E-state index >= 15 is 0 Å². The lowest BCUT2D eigenvalue weighted by molar-refractivity contribution is -0.119. The highest BCUT2D eigenvalue weighted by Gasteiger charge is 2.55. The summed E-state index contributed by atoms with van der Waals surface area (Å²) in [5.74, 6) is 0. The van der Waals surface area contributed by atoms with Crippen LogP contribution in [-0.4, -0.2) is 75.0 Å². The Morgan fingerprint density at radius 1 is 0.889 bits per heavy atom. The molecule has 3 aromatic rings. The number of carbonyl (C=O) groups is 1. The van der Waals surface area contributed by atoms with Crippen molar-refractivity contribution in [3.63, 3.8) is 0 Å². The fourth-order valence-corrected chi connectivity index (χ4v) is 7.68. The van der Waals surface area contributed by atoms with Crippen molar-refractivity contribution in [3.8, 4) is 11.1 Å². The number of hydrogen-bond donors (Lipinski definition) is 2. The van der Waals surface area contributed by atoms with E-state index in [0.29, 0.717) is 6.61 Å². The first-order valence-corrected chi connectivity index (χ1v) is 16.3. The van der Waals surface area contributed by atoms with Gasteiger partial charge in [-0.15, -0.1) is 0 Å². The molecule has 2 aromatic carbocycles. The van der Waals surface area contributed by atoms with Crippen LogP contribution in [0.2, 0.25) is 0 Å². The van der Waals surface area contributed by atoms with Gasteiger partial charge in [-0.2, -0.15) is 5.10 Å². The van der Waals surface area contributed by atoms with Crippen LogP contribution in [0.1, 0.15) is 55.2 Å². The number of rotatable bonds is 8. The molecule has 1 saturated heterocycles. The normalized spacial score (nSPS) is 24.5. The summed E-state index contributed by atoms with van der Waals surface area (Å²) >= 11 is 0. The van der Waals surface area contributed by atoms with E-state index in [2.05, 4.69) is 70.5 Å². The predicted octanol–water partition coefficient (Wildman–Crippen LogP) is 4.80. The van der Waals surface area contributed by atoms with E-state index in [9.17, 15) is 4.79 Å². The van der Waals surface area contributed by atoms with Crippen LogP contribution in [0.25, 0.3) is 16.7 Å². The predicted molar refractivity (Wildman–Crippen MR) is 177 cm³/mol. The first-order chi connectivity index (χ1) is 21.7. The summed E-state index contributed by atoms with van der Waals surface area (Å²) in [7, 11) is 4.08. The summed E-state index contributed by atoms with van der Waals surface area (Å²) in [6.07, 6.45) is 15.2. The summed E-state index contributed by atoms with van der Waals surface area (Å²) in [6, 6.07) is 17.2. The van der Waals surface area contributed by atoms with E-state index in [1.165, 1.54) is 34.4 Å². The van der Waals surface area contributed by atoms with Gasteiger partial charge in [0.05, 0.1) is 12.8 Å².